The van der Waals surface area contributed by atoms with Gasteiger partial charge in [0.05, 0.1) is 0 Å². The second-order valence-corrected chi connectivity index (χ2v) is 3.10. The summed E-state index contributed by atoms with van der Waals surface area (Å²) in [6, 6.07) is 0. The Morgan fingerprint density at radius 2 is 2.25 bits per heavy atom. The van der Waals surface area contributed by atoms with Crippen LogP contribution in [-0.4, -0.2) is 16.9 Å². The molecule has 1 aliphatic rings. The van der Waals surface area contributed by atoms with Crippen molar-refractivity contribution in [2.75, 3.05) is 0 Å². The number of carboxylic acid groups (broad SMARTS) is 1. The quantitative estimate of drug-likeness (QED) is 0.509. The van der Waals surface area contributed by atoms with Gasteiger partial charge in [0.25, 0.3) is 0 Å². The van der Waals surface area contributed by atoms with E-state index in [0.29, 0.717) is 0 Å². The fourth-order valence-electron chi connectivity index (χ4n) is 1.59. The van der Waals surface area contributed by atoms with Crippen molar-refractivity contribution in [2.45, 2.75) is 19.8 Å². The highest BCUT2D eigenvalue weighted by molar-refractivity contribution is 5.97. The van der Waals surface area contributed by atoms with E-state index in [4.69, 9.17) is 5.11 Å². The van der Waals surface area contributed by atoms with Crippen LogP contribution in [0, 0.1) is 11.8 Å². The van der Waals surface area contributed by atoms with Gasteiger partial charge in [0.2, 0.25) is 0 Å². The van der Waals surface area contributed by atoms with Gasteiger partial charge in [0.15, 0.2) is 0 Å². The Bertz CT molecular complexity index is 216. The number of allylic oxidation sites excluding steroid dienone is 2. The molecule has 0 aromatic rings. The first-order valence-corrected chi connectivity index (χ1v) is 4.03. The summed E-state index contributed by atoms with van der Waals surface area (Å²) in [4.78, 5) is 21.6. The third kappa shape index (κ3) is 1.72. The molecule has 0 saturated heterocycles. The van der Waals surface area contributed by atoms with Crippen LogP contribution in [0.2, 0.25) is 0 Å². The van der Waals surface area contributed by atoms with Crippen LogP contribution in [0.4, 0.5) is 0 Å². The molecule has 0 saturated carbocycles. The van der Waals surface area contributed by atoms with E-state index in [1.165, 1.54) is 6.92 Å². The highest BCUT2D eigenvalue weighted by Gasteiger charge is 2.31. The topological polar surface area (TPSA) is 54.4 Å². The Morgan fingerprint density at radius 3 is 2.58 bits per heavy atom. The molecule has 2 atom stereocenters. The zero-order valence-corrected chi connectivity index (χ0v) is 6.99. The molecule has 2 unspecified atom stereocenters. The number of carboxylic acids is 1. The van der Waals surface area contributed by atoms with Gasteiger partial charge in [-0.2, -0.15) is 0 Å². The van der Waals surface area contributed by atoms with Crippen LogP contribution in [0.15, 0.2) is 12.2 Å². The van der Waals surface area contributed by atoms with Crippen molar-refractivity contribution in [1.29, 1.82) is 0 Å². The number of carbonyl (C=O) groups excluding carboxylic acids is 1. The fourth-order valence-corrected chi connectivity index (χ4v) is 1.59. The number of ketones is 1. The summed E-state index contributed by atoms with van der Waals surface area (Å²) in [5.41, 5.74) is 0. The van der Waals surface area contributed by atoms with E-state index in [2.05, 4.69) is 0 Å². The number of aliphatic carboxylic acids is 1. The average molecular weight is 168 g/mol. The molecule has 3 nitrogen and oxygen atoms in total. The number of rotatable bonds is 3. The lowest BCUT2D eigenvalue weighted by Gasteiger charge is -2.13. The maximum absolute atomic E-state index is 11.0. The van der Waals surface area contributed by atoms with Crippen LogP contribution >= 0.6 is 0 Å². The Balaban J connectivity index is 2.71. The van der Waals surface area contributed by atoms with E-state index in [-0.39, 0.29) is 11.7 Å². The monoisotopic (exact) mass is 168 g/mol. The number of Topliss-reactive ketones (excluding diaryl/α,β-unsaturated/α-hetero) is 1. The predicted molar refractivity (Wildman–Crippen MR) is 43.7 cm³/mol. The molecule has 0 radical (unpaired) electrons. The normalized spacial score (nSPS) is 23.9. The minimum atomic E-state index is -1.00. The summed E-state index contributed by atoms with van der Waals surface area (Å²) in [5.74, 6) is -2.16. The van der Waals surface area contributed by atoms with Gasteiger partial charge in [-0.05, 0) is 25.7 Å². The van der Waals surface area contributed by atoms with Crippen molar-refractivity contribution in [1.82, 2.24) is 0 Å². The first-order valence-electron chi connectivity index (χ1n) is 4.03. The molecular weight excluding hydrogens is 156 g/mol. The SMILES string of the molecule is CC(=O)C(C(=O)O)C1C=CCC1. The summed E-state index contributed by atoms with van der Waals surface area (Å²) in [6.07, 6.45) is 5.45. The van der Waals surface area contributed by atoms with Gasteiger partial charge < -0.3 is 5.11 Å². The lowest BCUT2D eigenvalue weighted by atomic mass is 9.89. The Morgan fingerprint density at radius 1 is 1.58 bits per heavy atom. The second-order valence-electron chi connectivity index (χ2n) is 3.10. The predicted octanol–water partition coefficient (Wildman–Crippen LogP) is 1.24. The molecule has 0 fully saturated rings. The van der Waals surface area contributed by atoms with Gasteiger partial charge in [-0.25, -0.2) is 0 Å². The molecule has 0 aromatic carbocycles. The lowest BCUT2D eigenvalue weighted by molar-refractivity contribution is -0.147. The van der Waals surface area contributed by atoms with Crippen molar-refractivity contribution in [2.24, 2.45) is 11.8 Å². The number of hydrogen-bond donors (Lipinski definition) is 1. The van der Waals surface area contributed by atoms with Gasteiger partial charge in [0.1, 0.15) is 11.7 Å². The van der Waals surface area contributed by atoms with Crippen LogP contribution < -0.4 is 0 Å². The molecule has 1 aliphatic carbocycles. The van der Waals surface area contributed by atoms with Gasteiger partial charge in [-0.15, -0.1) is 0 Å². The van der Waals surface area contributed by atoms with Gasteiger partial charge in [0, 0.05) is 0 Å². The smallest absolute Gasteiger partial charge is 0.314 e. The third-order valence-electron chi connectivity index (χ3n) is 2.18. The van der Waals surface area contributed by atoms with E-state index in [9.17, 15) is 9.59 Å². The van der Waals surface area contributed by atoms with Crippen LogP contribution in [0.5, 0.6) is 0 Å². The highest BCUT2D eigenvalue weighted by Crippen LogP contribution is 2.26. The van der Waals surface area contributed by atoms with Crippen molar-refractivity contribution in [3.8, 4) is 0 Å². The summed E-state index contributed by atoms with van der Waals surface area (Å²) in [6.45, 7) is 1.34. The Kier molecular flexibility index (Phi) is 2.63. The van der Waals surface area contributed by atoms with Crippen molar-refractivity contribution < 1.29 is 14.7 Å². The zero-order chi connectivity index (χ0) is 9.14. The average Bonchev–Trinajstić information content (AvgIpc) is 2.37. The van der Waals surface area contributed by atoms with Gasteiger partial charge in [-0.3, -0.25) is 9.59 Å². The molecule has 3 heteroatoms. The lowest BCUT2D eigenvalue weighted by Crippen LogP contribution is -2.27. The standard InChI is InChI=1S/C9H12O3/c1-6(10)8(9(11)12)7-4-2-3-5-7/h2,4,7-8H,3,5H2,1H3,(H,11,12). The van der Waals surface area contributed by atoms with E-state index in [0.717, 1.165) is 12.8 Å². The van der Waals surface area contributed by atoms with E-state index < -0.39 is 11.9 Å². The van der Waals surface area contributed by atoms with E-state index in [1.807, 2.05) is 12.2 Å². The zero-order valence-electron chi connectivity index (χ0n) is 6.99. The van der Waals surface area contributed by atoms with Gasteiger partial charge >= 0.3 is 5.97 Å². The minimum Gasteiger partial charge on any atom is -0.481 e. The Hall–Kier alpha value is -1.12. The number of carbonyl (C=O) groups is 2. The van der Waals surface area contributed by atoms with Gasteiger partial charge in [-0.1, -0.05) is 12.2 Å². The van der Waals surface area contributed by atoms with E-state index in [1.54, 1.807) is 0 Å². The van der Waals surface area contributed by atoms with Crippen molar-refractivity contribution in [3.63, 3.8) is 0 Å². The molecule has 0 bridgehead atoms. The molecule has 0 heterocycles. The summed E-state index contributed by atoms with van der Waals surface area (Å²) in [5, 5.41) is 8.75. The Labute approximate surface area is 71.1 Å². The fraction of sp³-hybridized carbons (Fsp3) is 0.556. The number of hydrogen-bond acceptors (Lipinski definition) is 2. The highest BCUT2D eigenvalue weighted by atomic mass is 16.4. The van der Waals surface area contributed by atoms with Crippen molar-refractivity contribution in [3.05, 3.63) is 12.2 Å². The maximum atomic E-state index is 11.0. The molecule has 1 N–H and O–H groups in total. The van der Waals surface area contributed by atoms with E-state index >= 15 is 0 Å². The molecule has 0 aromatic heterocycles. The maximum Gasteiger partial charge on any atom is 0.314 e. The third-order valence-corrected chi connectivity index (χ3v) is 2.18. The molecule has 66 valence electrons. The van der Waals surface area contributed by atoms with Crippen LogP contribution in [0.3, 0.4) is 0 Å². The molecule has 0 amide bonds. The molecule has 1 rings (SSSR count). The first kappa shape index (κ1) is 8.97. The van der Waals surface area contributed by atoms with Crippen LogP contribution in [0.25, 0.3) is 0 Å². The summed E-state index contributed by atoms with van der Waals surface area (Å²) in [7, 11) is 0. The first-order chi connectivity index (χ1) is 5.63. The second kappa shape index (κ2) is 3.52. The molecule has 0 spiro atoms. The molecule has 12 heavy (non-hydrogen) atoms. The summed E-state index contributed by atoms with van der Waals surface area (Å²) >= 11 is 0. The largest absolute Gasteiger partial charge is 0.481 e. The van der Waals surface area contributed by atoms with Crippen LogP contribution in [0.1, 0.15) is 19.8 Å². The minimum absolute atomic E-state index is 0.0833. The molecule has 0 aliphatic heterocycles. The van der Waals surface area contributed by atoms with Crippen molar-refractivity contribution >= 4 is 11.8 Å². The van der Waals surface area contributed by atoms with Crippen LogP contribution in [-0.2, 0) is 9.59 Å². The summed E-state index contributed by atoms with van der Waals surface area (Å²) < 4.78 is 0. The molecular formula is C9H12O3.